The van der Waals surface area contributed by atoms with Gasteiger partial charge < -0.3 is 39.2 Å². The van der Waals surface area contributed by atoms with E-state index < -0.39 is 89.4 Å². The molecule has 0 bridgehead atoms. The molecule has 1 unspecified atom stereocenters. The summed E-state index contributed by atoms with van der Waals surface area (Å²) in [5, 5.41) is 25.9. The van der Waals surface area contributed by atoms with Gasteiger partial charge >= 0.3 is 12.1 Å². The summed E-state index contributed by atoms with van der Waals surface area (Å²) in [6.07, 6.45) is 0.516. The van der Waals surface area contributed by atoms with Gasteiger partial charge in [-0.15, -0.1) is 0 Å². The lowest BCUT2D eigenvalue weighted by Gasteiger charge is -2.47. The molecule has 14 nitrogen and oxygen atoms in total. The van der Waals surface area contributed by atoms with Crippen molar-refractivity contribution in [1.82, 2.24) is 15.2 Å². The van der Waals surface area contributed by atoms with Gasteiger partial charge in [-0.2, -0.15) is 0 Å². The van der Waals surface area contributed by atoms with E-state index in [9.17, 15) is 29.4 Å². The molecule has 3 fully saturated rings. The van der Waals surface area contributed by atoms with Crippen molar-refractivity contribution >= 4 is 40.6 Å². The van der Waals surface area contributed by atoms with Crippen LogP contribution in [0.3, 0.4) is 0 Å². The van der Waals surface area contributed by atoms with E-state index in [1.54, 1.807) is 65.9 Å². The number of hydrogen-bond acceptors (Lipinski definition) is 13. The molecule has 3 aromatic rings. The molecule has 0 radical (unpaired) electrons. The molecule has 13 atom stereocenters. The number of nitrogens with zero attached hydrogens (tertiary/aromatic N) is 2. The average molecular weight is 858 g/mol. The summed E-state index contributed by atoms with van der Waals surface area (Å²) in [6.45, 7) is 14.1. The Labute approximate surface area is 364 Å². The SMILES string of the molecule is CC[C@H]1OC(=O)[C@H](C)C(=O)[C@H](C)[C@@H](OC2O[C@H](C)C[C@H](N(C)Cc3cccc(O)c3)[C@H]2O)[C@@](C)(OC/C=C/c2cnc3ccccc3c2)C[C@@H](C)C(=O)[C@H](C)[C@H]2NC(=O)O[C@@]21C. The number of benzene rings is 2. The van der Waals surface area contributed by atoms with Gasteiger partial charge in [0.05, 0.1) is 36.0 Å². The van der Waals surface area contributed by atoms with Crippen molar-refractivity contribution in [1.29, 1.82) is 0 Å². The van der Waals surface area contributed by atoms with Crippen molar-refractivity contribution in [3.05, 3.63) is 78.0 Å². The van der Waals surface area contributed by atoms with Crippen LogP contribution in [0.15, 0.2) is 66.9 Å². The first-order valence-corrected chi connectivity index (χ1v) is 21.7. The maximum absolute atomic E-state index is 14.6. The topological polar surface area (TPSA) is 183 Å². The molecular formula is C48H63N3O11. The molecule has 3 saturated heterocycles. The molecule has 3 aliphatic rings. The number of pyridine rings is 1. The van der Waals surface area contributed by atoms with Gasteiger partial charge in [0.15, 0.2) is 17.7 Å². The summed E-state index contributed by atoms with van der Waals surface area (Å²) in [7, 11) is 1.87. The average Bonchev–Trinajstić information content (AvgIpc) is 3.56. The number of aliphatic hydroxyl groups excluding tert-OH is 1. The zero-order valence-corrected chi connectivity index (χ0v) is 37.3. The summed E-state index contributed by atoms with van der Waals surface area (Å²) in [6, 6.07) is 15.4. The number of cyclic esters (lactones) is 1. The molecule has 4 heterocycles. The number of para-hydroxylation sites is 1. The Hall–Kier alpha value is -4.73. The second kappa shape index (κ2) is 19.3. The Morgan fingerprint density at radius 1 is 0.984 bits per heavy atom. The number of esters is 1. The number of carbonyl (C=O) groups excluding carboxylic acids is 4. The number of Topliss-reactive ketones (excluding diaryl/α,β-unsaturated/α-hetero) is 2. The number of ketones is 2. The van der Waals surface area contributed by atoms with Crippen LogP contribution < -0.4 is 5.32 Å². The van der Waals surface area contributed by atoms with Crippen molar-refractivity contribution in [3.8, 4) is 5.75 Å². The van der Waals surface area contributed by atoms with Gasteiger partial charge in [0.1, 0.15) is 29.7 Å². The number of likely N-dealkylation sites (N-methyl/N-ethyl adjacent to an activating group) is 1. The van der Waals surface area contributed by atoms with Gasteiger partial charge in [0, 0.05) is 41.9 Å². The normalized spacial score (nSPS) is 35.0. The van der Waals surface area contributed by atoms with Crippen LogP contribution in [0.25, 0.3) is 17.0 Å². The molecule has 14 heteroatoms. The van der Waals surface area contributed by atoms with E-state index in [0.29, 0.717) is 13.0 Å². The van der Waals surface area contributed by atoms with Crippen LogP contribution in [0.5, 0.6) is 5.75 Å². The Bertz CT molecular complexity index is 2130. The summed E-state index contributed by atoms with van der Waals surface area (Å²) in [4.78, 5) is 62.5. The number of amides is 1. The van der Waals surface area contributed by atoms with Gasteiger partial charge in [-0.1, -0.05) is 70.2 Å². The van der Waals surface area contributed by atoms with Gasteiger partial charge in [-0.05, 0) is 89.4 Å². The van der Waals surface area contributed by atoms with Crippen molar-refractivity contribution in [2.24, 2.45) is 23.7 Å². The molecule has 3 aliphatic heterocycles. The monoisotopic (exact) mass is 857 g/mol. The molecule has 0 spiro atoms. The van der Waals surface area contributed by atoms with E-state index in [1.807, 2.05) is 67.4 Å². The molecule has 6 rings (SSSR count). The summed E-state index contributed by atoms with van der Waals surface area (Å²) in [5.74, 6) is -5.22. The summed E-state index contributed by atoms with van der Waals surface area (Å²) < 4.78 is 31.8. The van der Waals surface area contributed by atoms with Gasteiger partial charge in [0.25, 0.3) is 0 Å². The lowest BCUT2D eigenvalue weighted by molar-refractivity contribution is -0.297. The van der Waals surface area contributed by atoms with E-state index in [0.717, 1.165) is 22.0 Å². The fourth-order valence-corrected chi connectivity index (χ4v) is 9.71. The largest absolute Gasteiger partial charge is 0.508 e. The van der Waals surface area contributed by atoms with Crippen LogP contribution in [0, 0.1) is 23.7 Å². The maximum atomic E-state index is 14.6. The Morgan fingerprint density at radius 2 is 1.73 bits per heavy atom. The Balaban J connectivity index is 1.37. The van der Waals surface area contributed by atoms with Crippen LogP contribution in [0.4, 0.5) is 4.79 Å². The molecular weight excluding hydrogens is 795 g/mol. The van der Waals surface area contributed by atoms with Gasteiger partial charge in [-0.25, -0.2) is 4.79 Å². The standard InChI is InChI=1S/C48H63N3O11/c1-10-38-48(8)42(50-46(57)62-48)29(4)39(53)27(2)24-47(7,58-20-14-16-32-22-34-17-11-12-19-36(34)49-25-32)43(30(5)40(54)31(6)44(56)60-38)61-45-41(55)37(21-28(3)59-45)51(9)26-33-15-13-18-35(52)23-33/h11-19,22-23,25,27-31,37-38,41-43,45,52,55H,10,20-21,24,26H2,1-9H3,(H,50,57)/b16-14+/t27-,28-,29+,30+,31-,37+,38-,41-,42-,43-,45?,47+,48-/m1/s1. The number of ether oxygens (including phenoxy) is 5. The minimum atomic E-state index is -1.42. The quantitative estimate of drug-likeness (QED) is 0.151. The highest BCUT2D eigenvalue weighted by molar-refractivity contribution is 6.00. The number of phenols is 1. The second-order valence-electron chi connectivity index (χ2n) is 18.0. The lowest BCUT2D eigenvalue weighted by atomic mass is 9.73. The number of carbonyl (C=O) groups is 4. The Morgan fingerprint density at radius 3 is 2.45 bits per heavy atom. The third kappa shape index (κ3) is 10.0. The highest BCUT2D eigenvalue weighted by Crippen LogP contribution is 2.40. The van der Waals surface area contributed by atoms with Gasteiger partial charge in [-0.3, -0.25) is 24.3 Å². The number of aliphatic hydroxyl groups is 1. The summed E-state index contributed by atoms with van der Waals surface area (Å²) in [5.41, 5.74) is -0.272. The molecule has 336 valence electrons. The minimum absolute atomic E-state index is 0.0285. The molecule has 0 aliphatic carbocycles. The first kappa shape index (κ1) is 46.8. The number of aromatic hydroxyl groups is 1. The zero-order valence-electron chi connectivity index (χ0n) is 37.3. The number of hydrogen-bond donors (Lipinski definition) is 3. The maximum Gasteiger partial charge on any atom is 0.408 e. The minimum Gasteiger partial charge on any atom is -0.508 e. The summed E-state index contributed by atoms with van der Waals surface area (Å²) >= 11 is 0. The highest BCUT2D eigenvalue weighted by Gasteiger charge is 2.57. The molecule has 3 N–H and O–H groups in total. The van der Waals surface area contributed by atoms with Gasteiger partial charge in [0.2, 0.25) is 0 Å². The van der Waals surface area contributed by atoms with Crippen molar-refractivity contribution in [2.75, 3.05) is 13.7 Å². The lowest BCUT2D eigenvalue weighted by Crippen LogP contribution is -2.60. The van der Waals surface area contributed by atoms with Crippen LogP contribution in [-0.2, 0) is 44.6 Å². The molecule has 0 saturated carbocycles. The van der Waals surface area contributed by atoms with Crippen molar-refractivity contribution < 1.29 is 53.1 Å². The van der Waals surface area contributed by atoms with E-state index in [4.69, 9.17) is 23.7 Å². The number of fused-ring (bicyclic) bond motifs is 2. The second-order valence-corrected chi connectivity index (χ2v) is 18.0. The number of aromatic nitrogens is 1. The van der Waals surface area contributed by atoms with E-state index in [-0.39, 0.29) is 37.1 Å². The fourth-order valence-electron chi connectivity index (χ4n) is 9.71. The number of alkyl carbamates (subject to hydrolysis) is 1. The first-order chi connectivity index (χ1) is 29.3. The van der Waals surface area contributed by atoms with Crippen LogP contribution in [-0.4, -0.2) is 111 Å². The van der Waals surface area contributed by atoms with Crippen LogP contribution >= 0.6 is 0 Å². The third-order valence-corrected chi connectivity index (χ3v) is 13.1. The van der Waals surface area contributed by atoms with Crippen LogP contribution in [0.1, 0.15) is 85.8 Å². The highest BCUT2D eigenvalue weighted by atomic mass is 16.7. The smallest absolute Gasteiger partial charge is 0.408 e. The fraction of sp³-hybridized carbons (Fsp3) is 0.562. The number of phenolic OH excluding ortho intramolecular Hbond substituents is 1. The van der Waals surface area contributed by atoms with Crippen molar-refractivity contribution in [2.45, 2.75) is 135 Å². The zero-order chi connectivity index (χ0) is 45.1. The first-order valence-electron chi connectivity index (χ1n) is 21.7. The third-order valence-electron chi connectivity index (χ3n) is 13.1. The van der Waals surface area contributed by atoms with E-state index >= 15 is 0 Å². The van der Waals surface area contributed by atoms with Crippen molar-refractivity contribution in [3.63, 3.8) is 0 Å². The molecule has 1 aromatic heterocycles. The predicted molar refractivity (Wildman–Crippen MR) is 232 cm³/mol. The van der Waals surface area contributed by atoms with E-state index in [1.165, 1.54) is 6.92 Å². The number of rotatable bonds is 10. The van der Waals surface area contributed by atoms with Crippen LogP contribution in [0.2, 0.25) is 0 Å². The predicted octanol–water partition coefficient (Wildman–Crippen LogP) is 6.39. The molecule has 1 amide bonds. The molecule has 2 aromatic carbocycles. The number of nitrogens with one attached hydrogen (secondary N) is 1. The Kier molecular flexibility index (Phi) is 14.6. The molecule has 62 heavy (non-hydrogen) atoms. The van der Waals surface area contributed by atoms with E-state index in [2.05, 4.69) is 10.3 Å².